The van der Waals surface area contributed by atoms with Gasteiger partial charge in [-0.25, -0.2) is 0 Å². The van der Waals surface area contributed by atoms with Crippen LogP contribution in [0, 0.1) is 0 Å². The Morgan fingerprint density at radius 1 is 1.24 bits per heavy atom. The summed E-state index contributed by atoms with van der Waals surface area (Å²) in [5.74, 6) is 0.276. The van der Waals surface area contributed by atoms with Crippen LogP contribution in [0.15, 0.2) is 18.2 Å². The SMILES string of the molecule is Oc1ccc(Cl)cc1CNC1CCC(O)CC1. The van der Waals surface area contributed by atoms with Gasteiger partial charge in [0.2, 0.25) is 0 Å². The molecular formula is C13H18ClNO2. The van der Waals surface area contributed by atoms with E-state index in [0.717, 1.165) is 31.2 Å². The molecule has 3 N–H and O–H groups in total. The molecule has 0 bridgehead atoms. The van der Waals surface area contributed by atoms with Crippen LogP contribution in [0.1, 0.15) is 31.2 Å². The van der Waals surface area contributed by atoms with Crippen LogP contribution < -0.4 is 5.32 Å². The monoisotopic (exact) mass is 255 g/mol. The van der Waals surface area contributed by atoms with Gasteiger partial charge in [0.25, 0.3) is 0 Å². The van der Waals surface area contributed by atoms with Gasteiger partial charge in [-0.05, 0) is 43.9 Å². The summed E-state index contributed by atoms with van der Waals surface area (Å²) in [7, 11) is 0. The van der Waals surface area contributed by atoms with E-state index in [1.807, 2.05) is 0 Å². The third-order valence-corrected chi connectivity index (χ3v) is 3.55. The minimum atomic E-state index is -0.132. The van der Waals surface area contributed by atoms with E-state index >= 15 is 0 Å². The highest BCUT2D eigenvalue weighted by molar-refractivity contribution is 6.30. The van der Waals surface area contributed by atoms with Gasteiger partial charge in [-0.2, -0.15) is 0 Å². The first-order valence-electron chi connectivity index (χ1n) is 6.04. The number of nitrogens with one attached hydrogen (secondary N) is 1. The molecule has 1 aliphatic carbocycles. The molecule has 1 aliphatic rings. The fourth-order valence-corrected chi connectivity index (χ4v) is 2.42. The summed E-state index contributed by atoms with van der Waals surface area (Å²) in [6.45, 7) is 0.618. The first-order chi connectivity index (χ1) is 8.15. The second kappa shape index (κ2) is 5.71. The van der Waals surface area contributed by atoms with Gasteiger partial charge in [0.05, 0.1) is 6.10 Å². The standard InChI is InChI=1S/C13H18ClNO2/c14-10-1-6-13(17)9(7-10)8-15-11-2-4-12(16)5-3-11/h1,6-7,11-12,15-17H,2-5,8H2. The zero-order chi connectivity index (χ0) is 12.3. The molecule has 0 amide bonds. The molecule has 17 heavy (non-hydrogen) atoms. The Bertz CT molecular complexity index is 376. The Hall–Kier alpha value is -0.770. The van der Waals surface area contributed by atoms with E-state index in [-0.39, 0.29) is 11.9 Å². The Morgan fingerprint density at radius 2 is 1.94 bits per heavy atom. The number of aromatic hydroxyl groups is 1. The minimum Gasteiger partial charge on any atom is -0.508 e. The Labute approximate surface area is 106 Å². The molecule has 0 saturated heterocycles. The summed E-state index contributed by atoms with van der Waals surface area (Å²) in [6, 6.07) is 5.50. The molecule has 0 unspecified atom stereocenters. The van der Waals surface area contributed by atoms with Crippen molar-refractivity contribution >= 4 is 11.6 Å². The number of phenols is 1. The second-order valence-corrected chi connectivity index (χ2v) is 5.10. The van der Waals surface area contributed by atoms with Gasteiger partial charge in [0.1, 0.15) is 5.75 Å². The Kier molecular flexibility index (Phi) is 4.26. The highest BCUT2D eigenvalue weighted by atomic mass is 35.5. The van der Waals surface area contributed by atoms with Gasteiger partial charge in [-0.15, -0.1) is 0 Å². The van der Waals surface area contributed by atoms with E-state index in [1.54, 1.807) is 18.2 Å². The number of hydrogen-bond donors (Lipinski definition) is 3. The van der Waals surface area contributed by atoms with Gasteiger partial charge in [0.15, 0.2) is 0 Å². The normalized spacial score (nSPS) is 24.8. The predicted molar refractivity (Wildman–Crippen MR) is 68.2 cm³/mol. The highest BCUT2D eigenvalue weighted by Crippen LogP contribution is 2.23. The van der Waals surface area contributed by atoms with Crippen molar-refractivity contribution in [1.29, 1.82) is 0 Å². The van der Waals surface area contributed by atoms with Crippen LogP contribution in [0.5, 0.6) is 5.75 Å². The molecule has 0 heterocycles. The molecule has 1 aromatic carbocycles. The molecule has 1 aromatic rings. The number of rotatable bonds is 3. The summed E-state index contributed by atoms with van der Waals surface area (Å²) < 4.78 is 0. The maximum absolute atomic E-state index is 9.67. The fourth-order valence-electron chi connectivity index (χ4n) is 2.23. The van der Waals surface area contributed by atoms with Gasteiger partial charge in [-0.1, -0.05) is 11.6 Å². The lowest BCUT2D eigenvalue weighted by atomic mass is 9.93. The maximum Gasteiger partial charge on any atom is 0.120 e. The summed E-state index contributed by atoms with van der Waals surface area (Å²) >= 11 is 5.89. The Balaban J connectivity index is 1.87. The topological polar surface area (TPSA) is 52.5 Å². The number of hydrogen-bond acceptors (Lipinski definition) is 3. The van der Waals surface area contributed by atoms with Crippen molar-refractivity contribution in [2.24, 2.45) is 0 Å². The average Bonchev–Trinajstić information content (AvgIpc) is 2.32. The smallest absolute Gasteiger partial charge is 0.120 e. The molecule has 0 atom stereocenters. The van der Waals surface area contributed by atoms with Crippen LogP contribution in [0.2, 0.25) is 5.02 Å². The molecule has 0 spiro atoms. The number of benzene rings is 1. The van der Waals surface area contributed by atoms with Crippen molar-refractivity contribution in [2.75, 3.05) is 0 Å². The molecule has 1 fully saturated rings. The second-order valence-electron chi connectivity index (χ2n) is 4.66. The van der Waals surface area contributed by atoms with E-state index in [9.17, 15) is 10.2 Å². The minimum absolute atomic E-state index is 0.132. The highest BCUT2D eigenvalue weighted by Gasteiger charge is 2.18. The molecule has 0 aliphatic heterocycles. The van der Waals surface area contributed by atoms with Crippen molar-refractivity contribution in [2.45, 2.75) is 44.4 Å². The molecule has 2 rings (SSSR count). The zero-order valence-electron chi connectivity index (χ0n) is 9.69. The first kappa shape index (κ1) is 12.7. The molecule has 0 aromatic heterocycles. The van der Waals surface area contributed by atoms with Gasteiger partial charge >= 0.3 is 0 Å². The lowest BCUT2D eigenvalue weighted by molar-refractivity contribution is 0.116. The van der Waals surface area contributed by atoms with Crippen LogP contribution >= 0.6 is 11.6 Å². The van der Waals surface area contributed by atoms with Crippen LogP contribution in [0.3, 0.4) is 0 Å². The third kappa shape index (κ3) is 3.60. The van der Waals surface area contributed by atoms with E-state index in [0.29, 0.717) is 17.6 Å². The summed E-state index contributed by atoms with van der Waals surface area (Å²) in [5.41, 5.74) is 0.823. The molecule has 1 saturated carbocycles. The first-order valence-corrected chi connectivity index (χ1v) is 6.42. The quantitative estimate of drug-likeness (QED) is 0.778. The third-order valence-electron chi connectivity index (χ3n) is 3.32. The van der Waals surface area contributed by atoms with Crippen molar-refractivity contribution in [1.82, 2.24) is 5.32 Å². The summed E-state index contributed by atoms with van der Waals surface area (Å²) in [5, 5.41) is 23.1. The molecule has 94 valence electrons. The van der Waals surface area contributed by atoms with E-state index < -0.39 is 0 Å². The number of halogens is 1. The zero-order valence-corrected chi connectivity index (χ0v) is 10.5. The van der Waals surface area contributed by atoms with Crippen molar-refractivity contribution < 1.29 is 10.2 Å². The van der Waals surface area contributed by atoms with Gasteiger partial charge in [-0.3, -0.25) is 0 Å². The molecule has 4 heteroatoms. The van der Waals surface area contributed by atoms with E-state index in [4.69, 9.17) is 11.6 Å². The lowest BCUT2D eigenvalue weighted by Gasteiger charge is -2.26. The molecular weight excluding hydrogens is 238 g/mol. The largest absolute Gasteiger partial charge is 0.508 e. The lowest BCUT2D eigenvalue weighted by Crippen LogP contribution is -2.34. The van der Waals surface area contributed by atoms with Crippen LogP contribution in [0.25, 0.3) is 0 Å². The summed E-state index contributed by atoms with van der Waals surface area (Å²) in [4.78, 5) is 0. The number of phenolic OH excluding ortho intramolecular Hbond substituents is 1. The van der Waals surface area contributed by atoms with E-state index in [1.165, 1.54) is 0 Å². The number of aliphatic hydroxyl groups is 1. The molecule has 0 radical (unpaired) electrons. The van der Waals surface area contributed by atoms with Crippen molar-refractivity contribution in [3.8, 4) is 5.75 Å². The van der Waals surface area contributed by atoms with E-state index in [2.05, 4.69) is 5.32 Å². The van der Waals surface area contributed by atoms with Crippen LogP contribution in [0.4, 0.5) is 0 Å². The van der Waals surface area contributed by atoms with Crippen LogP contribution in [-0.4, -0.2) is 22.4 Å². The fraction of sp³-hybridized carbons (Fsp3) is 0.538. The predicted octanol–water partition coefficient (Wildman–Crippen LogP) is 2.44. The van der Waals surface area contributed by atoms with Crippen molar-refractivity contribution in [3.63, 3.8) is 0 Å². The van der Waals surface area contributed by atoms with Gasteiger partial charge in [0, 0.05) is 23.2 Å². The molecule has 3 nitrogen and oxygen atoms in total. The summed E-state index contributed by atoms with van der Waals surface area (Å²) in [6.07, 6.45) is 3.57. The van der Waals surface area contributed by atoms with Crippen molar-refractivity contribution in [3.05, 3.63) is 28.8 Å². The van der Waals surface area contributed by atoms with Crippen LogP contribution in [-0.2, 0) is 6.54 Å². The average molecular weight is 256 g/mol. The Morgan fingerprint density at radius 3 is 2.65 bits per heavy atom. The maximum atomic E-state index is 9.67. The number of aliphatic hydroxyl groups excluding tert-OH is 1. The van der Waals surface area contributed by atoms with Gasteiger partial charge < -0.3 is 15.5 Å².